The predicted molar refractivity (Wildman–Crippen MR) is 72.6 cm³/mol. The van der Waals surface area contributed by atoms with Gasteiger partial charge in [0.2, 0.25) is 0 Å². The molecule has 16 heavy (non-hydrogen) atoms. The van der Waals surface area contributed by atoms with E-state index >= 15 is 0 Å². The third-order valence-electron chi connectivity index (χ3n) is 3.10. The molecule has 0 saturated carbocycles. The second-order valence-electron chi connectivity index (χ2n) is 5.29. The number of benzene rings is 1. The summed E-state index contributed by atoms with van der Waals surface area (Å²) in [5.74, 6) is 0. The summed E-state index contributed by atoms with van der Waals surface area (Å²) in [5, 5.41) is 0. The molecule has 1 aromatic carbocycles. The highest BCUT2D eigenvalue weighted by Crippen LogP contribution is 2.12. The van der Waals surface area contributed by atoms with Crippen LogP contribution < -0.4 is 0 Å². The van der Waals surface area contributed by atoms with Gasteiger partial charge in [-0.1, -0.05) is 36.9 Å². The van der Waals surface area contributed by atoms with Gasteiger partial charge in [-0.25, -0.2) is 0 Å². The monoisotopic (exact) mass is 217 g/mol. The molecular formula is C15H23N. The van der Waals surface area contributed by atoms with Crippen molar-refractivity contribution in [2.75, 3.05) is 13.6 Å². The van der Waals surface area contributed by atoms with Crippen LogP contribution in [0.2, 0.25) is 0 Å². The highest BCUT2D eigenvalue weighted by Gasteiger charge is 2.15. The lowest BCUT2D eigenvalue weighted by molar-refractivity contribution is 0.178. The standard InChI is InChI=1S/C15H23N/c1-6-13-7-9-14(10-8-13)11-12-16(5)15(2,3)4/h6-10H,1,11-12H2,2-5H3. The Kier molecular flexibility index (Phi) is 4.31. The van der Waals surface area contributed by atoms with Crippen LogP contribution in [0.5, 0.6) is 0 Å². The Balaban J connectivity index is 2.51. The number of likely N-dealkylation sites (N-methyl/N-ethyl adjacent to an activating group) is 1. The molecule has 0 radical (unpaired) electrons. The second kappa shape index (κ2) is 5.31. The topological polar surface area (TPSA) is 3.24 Å². The van der Waals surface area contributed by atoms with E-state index in [1.54, 1.807) is 0 Å². The first kappa shape index (κ1) is 13.0. The van der Waals surface area contributed by atoms with Crippen molar-refractivity contribution >= 4 is 6.08 Å². The van der Waals surface area contributed by atoms with Gasteiger partial charge in [0.05, 0.1) is 0 Å². The molecule has 0 heterocycles. The summed E-state index contributed by atoms with van der Waals surface area (Å²) in [4.78, 5) is 2.38. The van der Waals surface area contributed by atoms with Crippen molar-refractivity contribution in [2.24, 2.45) is 0 Å². The van der Waals surface area contributed by atoms with Crippen molar-refractivity contribution in [1.82, 2.24) is 4.90 Å². The van der Waals surface area contributed by atoms with Crippen molar-refractivity contribution in [1.29, 1.82) is 0 Å². The third-order valence-corrected chi connectivity index (χ3v) is 3.10. The van der Waals surface area contributed by atoms with E-state index in [0.717, 1.165) is 13.0 Å². The van der Waals surface area contributed by atoms with Gasteiger partial charge < -0.3 is 4.90 Å². The fourth-order valence-electron chi connectivity index (χ4n) is 1.45. The molecule has 0 saturated heterocycles. The second-order valence-corrected chi connectivity index (χ2v) is 5.29. The average Bonchev–Trinajstić information content (AvgIpc) is 2.25. The van der Waals surface area contributed by atoms with Gasteiger partial charge in [0, 0.05) is 12.1 Å². The van der Waals surface area contributed by atoms with E-state index in [9.17, 15) is 0 Å². The summed E-state index contributed by atoms with van der Waals surface area (Å²) < 4.78 is 0. The highest BCUT2D eigenvalue weighted by atomic mass is 15.1. The molecule has 0 fully saturated rings. The smallest absolute Gasteiger partial charge is 0.0122 e. The lowest BCUT2D eigenvalue weighted by Gasteiger charge is -2.31. The zero-order valence-electron chi connectivity index (χ0n) is 11.0. The van der Waals surface area contributed by atoms with Crippen LogP contribution in [-0.2, 0) is 6.42 Å². The summed E-state index contributed by atoms with van der Waals surface area (Å²) >= 11 is 0. The van der Waals surface area contributed by atoms with Crippen LogP contribution in [0.4, 0.5) is 0 Å². The zero-order valence-corrected chi connectivity index (χ0v) is 11.0. The molecule has 1 aromatic rings. The quantitative estimate of drug-likeness (QED) is 0.745. The van der Waals surface area contributed by atoms with Gasteiger partial charge in [-0.2, -0.15) is 0 Å². The lowest BCUT2D eigenvalue weighted by atomic mass is 10.0. The molecule has 0 amide bonds. The Hall–Kier alpha value is -1.08. The van der Waals surface area contributed by atoms with Gasteiger partial charge in [0.1, 0.15) is 0 Å². The largest absolute Gasteiger partial charge is 0.301 e. The number of hydrogen-bond acceptors (Lipinski definition) is 1. The van der Waals surface area contributed by atoms with Gasteiger partial charge in [-0.3, -0.25) is 0 Å². The summed E-state index contributed by atoms with van der Waals surface area (Å²) in [6.07, 6.45) is 2.98. The number of hydrogen-bond donors (Lipinski definition) is 0. The fraction of sp³-hybridized carbons (Fsp3) is 0.467. The molecule has 1 nitrogen and oxygen atoms in total. The number of nitrogens with zero attached hydrogens (tertiary/aromatic N) is 1. The molecule has 1 rings (SSSR count). The first-order valence-electron chi connectivity index (χ1n) is 5.86. The van der Waals surface area contributed by atoms with Gasteiger partial charge in [-0.15, -0.1) is 0 Å². The van der Waals surface area contributed by atoms with E-state index < -0.39 is 0 Å². The van der Waals surface area contributed by atoms with E-state index in [1.165, 1.54) is 11.1 Å². The molecule has 1 heteroatoms. The van der Waals surface area contributed by atoms with Crippen molar-refractivity contribution in [3.8, 4) is 0 Å². The van der Waals surface area contributed by atoms with Gasteiger partial charge in [0.25, 0.3) is 0 Å². The van der Waals surface area contributed by atoms with Crippen LogP contribution in [0.3, 0.4) is 0 Å². The SMILES string of the molecule is C=Cc1ccc(CCN(C)C(C)(C)C)cc1. The van der Waals surface area contributed by atoms with Gasteiger partial charge >= 0.3 is 0 Å². The normalized spacial score (nSPS) is 11.8. The molecule has 0 N–H and O–H groups in total. The molecule has 0 aliphatic heterocycles. The van der Waals surface area contributed by atoms with E-state index in [1.807, 2.05) is 6.08 Å². The maximum Gasteiger partial charge on any atom is 0.0122 e. The molecule has 0 aliphatic carbocycles. The third kappa shape index (κ3) is 3.82. The molecule has 0 atom stereocenters. The van der Waals surface area contributed by atoms with Crippen LogP contribution in [0.15, 0.2) is 30.8 Å². The highest BCUT2D eigenvalue weighted by molar-refractivity contribution is 5.47. The van der Waals surface area contributed by atoms with Crippen LogP contribution in [-0.4, -0.2) is 24.0 Å². The van der Waals surface area contributed by atoms with E-state index in [4.69, 9.17) is 0 Å². The minimum absolute atomic E-state index is 0.251. The predicted octanol–water partition coefficient (Wildman–Crippen LogP) is 3.60. The Morgan fingerprint density at radius 2 is 1.75 bits per heavy atom. The van der Waals surface area contributed by atoms with Crippen molar-refractivity contribution in [3.05, 3.63) is 42.0 Å². The van der Waals surface area contributed by atoms with Crippen LogP contribution in [0.1, 0.15) is 31.9 Å². The average molecular weight is 217 g/mol. The maximum atomic E-state index is 3.76. The van der Waals surface area contributed by atoms with Crippen LogP contribution in [0.25, 0.3) is 6.08 Å². The van der Waals surface area contributed by atoms with Crippen molar-refractivity contribution in [3.63, 3.8) is 0 Å². The van der Waals surface area contributed by atoms with Gasteiger partial charge in [-0.05, 0) is 45.4 Å². The van der Waals surface area contributed by atoms with Crippen molar-refractivity contribution in [2.45, 2.75) is 32.7 Å². The minimum atomic E-state index is 0.251. The van der Waals surface area contributed by atoms with Crippen molar-refractivity contribution < 1.29 is 0 Å². The Labute approximate surface area is 99.8 Å². The first-order valence-corrected chi connectivity index (χ1v) is 5.86. The molecule has 0 unspecified atom stereocenters. The van der Waals surface area contributed by atoms with Crippen LogP contribution in [0, 0.1) is 0 Å². The Morgan fingerprint density at radius 1 is 1.19 bits per heavy atom. The van der Waals surface area contributed by atoms with Gasteiger partial charge in [0.15, 0.2) is 0 Å². The molecular weight excluding hydrogens is 194 g/mol. The summed E-state index contributed by atoms with van der Waals surface area (Å²) in [5.41, 5.74) is 2.83. The Morgan fingerprint density at radius 3 is 2.19 bits per heavy atom. The van der Waals surface area contributed by atoms with E-state index in [2.05, 4.69) is 63.6 Å². The molecule has 0 spiro atoms. The summed E-state index contributed by atoms with van der Waals surface area (Å²) in [7, 11) is 2.18. The molecule has 0 aliphatic rings. The minimum Gasteiger partial charge on any atom is -0.301 e. The molecule has 88 valence electrons. The molecule has 0 aromatic heterocycles. The summed E-state index contributed by atoms with van der Waals surface area (Å²) in [6.45, 7) is 11.6. The fourth-order valence-corrected chi connectivity index (χ4v) is 1.45. The van der Waals surface area contributed by atoms with E-state index in [0.29, 0.717) is 0 Å². The lowest BCUT2D eigenvalue weighted by Crippen LogP contribution is -2.39. The summed E-state index contributed by atoms with van der Waals surface area (Å²) in [6, 6.07) is 8.62. The molecule has 0 bridgehead atoms. The Bertz CT molecular complexity index is 329. The maximum absolute atomic E-state index is 3.76. The van der Waals surface area contributed by atoms with E-state index in [-0.39, 0.29) is 5.54 Å². The zero-order chi connectivity index (χ0) is 12.2. The van der Waals surface area contributed by atoms with Crippen LogP contribution >= 0.6 is 0 Å². The first-order chi connectivity index (χ1) is 7.43. The number of rotatable bonds is 4.